The number of aliphatic hydroxyl groups excluding tert-OH is 1. The van der Waals surface area contributed by atoms with Gasteiger partial charge in [0.15, 0.2) is 0 Å². The second-order valence-electron chi connectivity index (χ2n) is 10.7. The molecule has 0 rings (SSSR count). The Labute approximate surface area is 251 Å². The summed E-state index contributed by atoms with van der Waals surface area (Å²) >= 11 is 0. The Hall–Kier alpha value is -1.96. The fourth-order valence-electron chi connectivity index (χ4n) is 4.19. The van der Waals surface area contributed by atoms with Crippen molar-refractivity contribution in [3.05, 3.63) is 60.8 Å². The molecule has 0 saturated heterocycles. The van der Waals surface area contributed by atoms with Crippen LogP contribution in [-0.2, 0) is 14.9 Å². The van der Waals surface area contributed by atoms with Gasteiger partial charge in [0.25, 0.3) is 10.1 Å². The Morgan fingerprint density at radius 3 is 1.68 bits per heavy atom. The Bertz CT molecular complexity index is 874. The summed E-state index contributed by atoms with van der Waals surface area (Å²) in [7, 11) is -4.35. The third-order valence-electron chi connectivity index (χ3n) is 6.64. The number of hydrogen-bond acceptors (Lipinski definition) is 4. The van der Waals surface area contributed by atoms with Crippen molar-refractivity contribution in [1.29, 1.82) is 0 Å². The summed E-state index contributed by atoms with van der Waals surface area (Å²) in [6.07, 6.45) is 37.7. The maximum absolute atomic E-state index is 12.4. The zero-order chi connectivity index (χ0) is 30.4. The van der Waals surface area contributed by atoms with Gasteiger partial charge in [0.1, 0.15) is 0 Å². The maximum Gasteiger partial charge on any atom is 0.267 e. The monoisotopic (exact) mass is 593 g/mol. The van der Waals surface area contributed by atoms with Gasteiger partial charge in [0.2, 0.25) is 5.91 Å². The molecule has 2 unspecified atom stereocenters. The summed E-state index contributed by atoms with van der Waals surface area (Å²) in [5.41, 5.74) is 0. The number of allylic oxidation sites excluding steroid dienone is 9. The van der Waals surface area contributed by atoms with E-state index in [2.05, 4.69) is 67.8 Å². The molecule has 6 nitrogen and oxygen atoms in total. The molecule has 0 saturated carbocycles. The number of rotatable bonds is 27. The topological polar surface area (TPSA) is 104 Å². The van der Waals surface area contributed by atoms with E-state index in [1.54, 1.807) is 6.08 Å². The number of hydrogen-bond donors (Lipinski definition) is 3. The van der Waals surface area contributed by atoms with Crippen LogP contribution in [-0.4, -0.2) is 41.9 Å². The van der Waals surface area contributed by atoms with Crippen LogP contribution < -0.4 is 5.32 Å². The third-order valence-corrected chi connectivity index (χ3v) is 7.42. The van der Waals surface area contributed by atoms with Crippen LogP contribution in [0.2, 0.25) is 0 Å². The van der Waals surface area contributed by atoms with Gasteiger partial charge in [-0.1, -0.05) is 120 Å². The molecule has 41 heavy (non-hydrogen) atoms. The molecule has 236 valence electrons. The van der Waals surface area contributed by atoms with Gasteiger partial charge in [-0.05, 0) is 64.2 Å². The van der Waals surface area contributed by atoms with Crippen molar-refractivity contribution >= 4 is 16.0 Å². The lowest BCUT2D eigenvalue weighted by atomic mass is 10.1. The van der Waals surface area contributed by atoms with Gasteiger partial charge in [-0.15, -0.1) is 0 Å². The van der Waals surface area contributed by atoms with E-state index in [1.165, 1.54) is 31.8 Å². The quantitative estimate of drug-likeness (QED) is 0.0503. The largest absolute Gasteiger partial charge is 0.387 e. The summed E-state index contributed by atoms with van der Waals surface area (Å²) in [5.74, 6) is -1.04. The van der Waals surface area contributed by atoms with E-state index in [9.17, 15) is 22.9 Å². The van der Waals surface area contributed by atoms with Crippen molar-refractivity contribution in [2.24, 2.45) is 0 Å². The first-order valence-electron chi connectivity index (χ1n) is 16.0. The van der Waals surface area contributed by atoms with Gasteiger partial charge >= 0.3 is 0 Å². The molecule has 7 heteroatoms. The molecule has 0 aromatic rings. The molecule has 0 radical (unpaired) electrons. The minimum absolute atomic E-state index is 0.265. The van der Waals surface area contributed by atoms with Gasteiger partial charge < -0.3 is 10.4 Å². The average molecular weight is 594 g/mol. The Morgan fingerprint density at radius 2 is 1.12 bits per heavy atom. The van der Waals surface area contributed by atoms with Crippen molar-refractivity contribution in [1.82, 2.24) is 5.32 Å². The number of amides is 1. The normalized spacial score (nSPS) is 14.3. The minimum atomic E-state index is -4.35. The lowest BCUT2D eigenvalue weighted by Crippen LogP contribution is -2.46. The number of aliphatic hydroxyl groups is 1. The first-order valence-corrected chi connectivity index (χ1v) is 17.6. The van der Waals surface area contributed by atoms with E-state index >= 15 is 0 Å². The van der Waals surface area contributed by atoms with Crippen LogP contribution in [0.1, 0.15) is 129 Å². The highest BCUT2D eigenvalue weighted by Crippen LogP contribution is 2.09. The van der Waals surface area contributed by atoms with Crippen molar-refractivity contribution in [2.45, 2.75) is 142 Å². The van der Waals surface area contributed by atoms with Crippen LogP contribution in [0.5, 0.6) is 0 Å². The van der Waals surface area contributed by atoms with E-state index < -0.39 is 28.0 Å². The van der Waals surface area contributed by atoms with Crippen molar-refractivity contribution in [2.75, 3.05) is 5.75 Å². The molecule has 0 aliphatic rings. The molecular formula is C34H59NO5S. The van der Waals surface area contributed by atoms with E-state index in [4.69, 9.17) is 0 Å². The van der Waals surface area contributed by atoms with Crippen LogP contribution in [0.4, 0.5) is 0 Å². The highest BCUT2D eigenvalue weighted by molar-refractivity contribution is 7.85. The van der Waals surface area contributed by atoms with E-state index in [0.717, 1.165) is 70.6 Å². The molecule has 0 aromatic carbocycles. The van der Waals surface area contributed by atoms with Gasteiger partial charge in [-0.2, -0.15) is 8.42 Å². The zero-order valence-electron chi connectivity index (χ0n) is 25.9. The first kappa shape index (κ1) is 39.0. The zero-order valence-corrected chi connectivity index (χ0v) is 26.7. The van der Waals surface area contributed by atoms with Gasteiger partial charge in [-0.3, -0.25) is 9.35 Å². The lowest BCUT2D eigenvalue weighted by molar-refractivity contribution is -0.122. The van der Waals surface area contributed by atoms with Crippen molar-refractivity contribution in [3.63, 3.8) is 0 Å². The van der Waals surface area contributed by atoms with Crippen LogP contribution in [0.15, 0.2) is 60.8 Å². The number of carbonyl (C=O) groups is 1. The number of unbranched alkanes of at least 4 members (excludes halogenated alkanes) is 11. The number of nitrogens with one attached hydrogen (secondary N) is 1. The second-order valence-corrected chi connectivity index (χ2v) is 12.2. The Kier molecular flexibility index (Phi) is 26.8. The molecule has 0 bridgehead atoms. The molecule has 0 aliphatic heterocycles. The summed E-state index contributed by atoms with van der Waals surface area (Å²) < 4.78 is 32.2. The summed E-state index contributed by atoms with van der Waals surface area (Å²) in [4.78, 5) is 12.4. The first-order chi connectivity index (χ1) is 19.8. The molecule has 3 N–H and O–H groups in total. The number of carbonyl (C=O) groups excluding carboxylic acids is 1. The highest BCUT2D eigenvalue weighted by atomic mass is 32.2. The molecule has 0 spiro atoms. The van der Waals surface area contributed by atoms with Crippen molar-refractivity contribution < 1.29 is 22.9 Å². The molecule has 0 aromatic heterocycles. The van der Waals surface area contributed by atoms with Crippen LogP contribution in [0.25, 0.3) is 0 Å². The van der Waals surface area contributed by atoms with E-state index in [1.807, 2.05) is 0 Å². The third kappa shape index (κ3) is 29.3. The van der Waals surface area contributed by atoms with Gasteiger partial charge in [0.05, 0.1) is 17.9 Å². The molecule has 0 heterocycles. The average Bonchev–Trinajstić information content (AvgIpc) is 2.92. The predicted octanol–water partition coefficient (Wildman–Crippen LogP) is 8.56. The SMILES string of the molecule is CCCC/C=C\C/C=C\CCCCCCCC(=O)NC(CS(=O)(=O)O)C(O)/C=C/CC/C=C/CC/C=C/CCCC. The van der Waals surface area contributed by atoms with Gasteiger partial charge in [0, 0.05) is 6.42 Å². The molecule has 2 atom stereocenters. The Morgan fingerprint density at radius 1 is 0.659 bits per heavy atom. The highest BCUT2D eigenvalue weighted by Gasteiger charge is 2.24. The van der Waals surface area contributed by atoms with Crippen LogP contribution in [0.3, 0.4) is 0 Å². The van der Waals surface area contributed by atoms with E-state index in [0.29, 0.717) is 12.8 Å². The lowest BCUT2D eigenvalue weighted by Gasteiger charge is -2.21. The minimum Gasteiger partial charge on any atom is -0.387 e. The smallest absolute Gasteiger partial charge is 0.267 e. The van der Waals surface area contributed by atoms with Crippen LogP contribution in [0, 0.1) is 0 Å². The predicted molar refractivity (Wildman–Crippen MR) is 175 cm³/mol. The molecule has 1 amide bonds. The Balaban J connectivity index is 4.19. The standard InChI is InChI=1S/C34H59NO5S/c1-3-5-7-9-11-13-15-17-18-20-22-24-26-28-30-34(37)35-32(31-41(38,39)40)33(36)29-27-25-23-21-19-16-14-12-10-8-6-4-2/h9-12,15,17,19,21,27,29,32-33,36H,3-8,13-14,16,18,20,22-26,28,30-31H2,1-2H3,(H,35,37)(H,38,39,40)/b11-9-,12-10+,17-15-,21-19+,29-27+. The van der Waals surface area contributed by atoms with Crippen molar-refractivity contribution in [3.8, 4) is 0 Å². The maximum atomic E-state index is 12.4. The van der Waals surface area contributed by atoms with E-state index in [-0.39, 0.29) is 12.3 Å². The fourth-order valence-corrected chi connectivity index (χ4v) is 4.92. The molecular weight excluding hydrogens is 534 g/mol. The molecule has 0 aliphatic carbocycles. The fraction of sp³-hybridized carbons (Fsp3) is 0.676. The van der Waals surface area contributed by atoms with Gasteiger partial charge in [-0.25, -0.2) is 0 Å². The second kappa shape index (κ2) is 28.2. The summed E-state index contributed by atoms with van der Waals surface area (Å²) in [6, 6.07) is -1.09. The van der Waals surface area contributed by atoms with Crippen LogP contribution >= 0.6 is 0 Å². The molecule has 0 fully saturated rings. The summed E-state index contributed by atoms with van der Waals surface area (Å²) in [5, 5.41) is 13.1. The summed E-state index contributed by atoms with van der Waals surface area (Å²) in [6.45, 7) is 4.39.